The summed E-state index contributed by atoms with van der Waals surface area (Å²) in [6.45, 7) is 2.05. The molecule has 1 N–H and O–H groups in total. The Balaban J connectivity index is 2.16. The number of carbonyl (C=O) groups is 1. The Bertz CT molecular complexity index is 724. The van der Waals surface area contributed by atoms with E-state index < -0.39 is 0 Å². The van der Waals surface area contributed by atoms with Crippen LogP contribution in [0.3, 0.4) is 0 Å². The molecule has 4 heteroatoms. The number of amides is 1. The first kappa shape index (κ1) is 14.4. The first-order valence-electron chi connectivity index (χ1n) is 7.23. The Morgan fingerprint density at radius 3 is 2.41 bits per heavy atom. The van der Waals surface area contributed by atoms with Gasteiger partial charge in [-0.1, -0.05) is 24.3 Å². The molecule has 0 bridgehead atoms. The normalized spacial score (nSPS) is 16.7. The Labute approximate surface area is 130 Å². The molecule has 1 atom stereocenters. The van der Waals surface area contributed by atoms with Crippen molar-refractivity contribution in [3.05, 3.63) is 58.7 Å². The van der Waals surface area contributed by atoms with Crippen molar-refractivity contribution in [1.82, 2.24) is 5.32 Å². The third-order valence-corrected chi connectivity index (χ3v) is 4.11. The lowest BCUT2D eigenvalue weighted by atomic mass is 9.87. The van der Waals surface area contributed by atoms with Gasteiger partial charge in [0.15, 0.2) is 11.5 Å². The Hall–Kier alpha value is -2.49. The molecule has 4 nitrogen and oxygen atoms in total. The average Bonchev–Trinajstić information content (AvgIpc) is 2.53. The molecule has 114 valence electrons. The molecule has 3 rings (SSSR count). The van der Waals surface area contributed by atoms with Gasteiger partial charge >= 0.3 is 0 Å². The van der Waals surface area contributed by atoms with Crippen LogP contribution in [0.2, 0.25) is 0 Å². The number of carbonyl (C=O) groups excluding carboxylic acids is 1. The zero-order valence-electron chi connectivity index (χ0n) is 13.0. The number of fused-ring (bicyclic) bond motifs is 1. The summed E-state index contributed by atoms with van der Waals surface area (Å²) in [5.41, 5.74) is 4.29. The minimum Gasteiger partial charge on any atom is -0.493 e. The average molecular weight is 297 g/mol. The lowest BCUT2D eigenvalue weighted by Gasteiger charge is -2.29. The van der Waals surface area contributed by atoms with Gasteiger partial charge in [-0.05, 0) is 41.3 Å². The number of aryl methyl sites for hydroxylation is 1. The molecule has 1 aliphatic rings. The van der Waals surface area contributed by atoms with Crippen molar-refractivity contribution in [1.29, 1.82) is 0 Å². The van der Waals surface area contributed by atoms with Gasteiger partial charge in [-0.25, -0.2) is 0 Å². The number of rotatable bonds is 3. The molecule has 22 heavy (non-hydrogen) atoms. The van der Waals surface area contributed by atoms with Gasteiger partial charge in [0, 0.05) is 0 Å². The van der Waals surface area contributed by atoms with Crippen LogP contribution < -0.4 is 14.8 Å². The molecule has 1 heterocycles. The van der Waals surface area contributed by atoms with Crippen LogP contribution in [0.5, 0.6) is 11.5 Å². The van der Waals surface area contributed by atoms with Crippen molar-refractivity contribution in [2.75, 3.05) is 14.2 Å². The van der Waals surface area contributed by atoms with E-state index in [1.807, 2.05) is 30.3 Å². The van der Waals surface area contributed by atoms with Gasteiger partial charge < -0.3 is 14.8 Å². The highest BCUT2D eigenvalue weighted by molar-refractivity contribution is 5.83. The van der Waals surface area contributed by atoms with Gasteiger partial charge in [0.2, 0.25) is 5.91 Å². The van der Waals surface area contributed by atoms with E-state index in [1.165, 1.54) is 0 Å². The molecule has 0 radical (unpaired) electrons. The molecule has 0 aliphatic carbocycles. The highest BCUT2D eigenvalue weighted by Crippen LogP contribution is 2.38. The molecule has 0 unspecified atom stereocenters. The molecule has 0 saturated carbocycles. The van der Waals surface area contributed by atoms with Crippen molar-refractivity contribution in [2.24, 2.45) is 0 Å². The fourth-order valence-electron chi connectivity index (χ4n) is 2.98. The van der Waals surface area contributed by atoms with Crippen LogP contribution in [0, 0.1) is 6.92 Å². The van der Waals surface area contributed by atoms with Crippen LogP contribution >= 0.6 is 0 Å². The van der Waals surface area contributed by atoms with E-state index >= 15 is 0 Å². The van der Waals surface area contributed by atoms with Gasteiger partial charge in [0.25, 0.3) is 0 Å². The van der Waals surface area contributed by atoms with E-state index in [1.54, 1.807) is 14.2 Å². The lowest BCUT2D eigenvalue weighted by Crippen LogP contribution is -2.36. The third-order valence-electron chi connectivity index (χ3n) is 4.11. The largest absolute Gasteiger partial charge is 0.493 e. The first-order chi connectivity index (χ1) is 10.6. The zero-order valence-corrected chi connectivity index (χ0v) is 13.0. The van der Waals surface area contributed by atoms with Crippen molar-refractivity contribution in [3.63, 3.8) is 0 Å². The molecule has 1 amide bonds. The predicted molar refractivity (Wildman–Crippen MR) is 84.4 cm³/mol. The van der Waals surface area contributed by atoms with Crippen LogP contribution in [0.25, 0.3) is 0 Å². The van der Waals surface area contributed by atoms with Crippen molar-refractivity contribution in [2.45, 2.75) is 19.4 Å². The van der Waals surface area contributed by atoms with Crippen LogP contribution in [0.1, 0.15) is 28.3 Å². The quantitative estimate of drug-likeness (QED) is 0.947. The summed E-state index contributed by atoms with van der Waals surface area (Å²) in [5, 5.41) is 3.08. The standard InChI is InChI=1S/C18H19NO3/c1-11-6-4-5-7-13(11)18-14-10-16(22-3)15(21-2)8-12(14)9-17(20)19-18/h4-8,10,18H,9H2,1-3H3,(H,19,20)/t18-/m1/s1. The van der Waals surface area contributed by atoms with Crippen molar-refractivity contribution < 1.29 is 14.3 Å². The maximum absolute atomic E-state index is 12.1. The second-order valence-corrected chi connectivity index (χ2v) is 5.44. The number of hydrogen-bond acceptors (Lipinski definition) is 3. The molecular weight excluding hydrogens is 278 g/mol. The van der Waals surface area contributed by atoms with Crippen molar-refractivity contribution >= 4 is 5.91 Å². The van der Waals surface area contributed by atoms with E-state index in [0.717, 1.165) is 22.3 Å². The van der Waals surface area contributed by atoms with Gasteiger partial charge in [0.05, 0.1) is 26.7 Å². The fourth-order valence-corrected chi connectivity index (χ4v) is 2.98. The molecule has 0 saturated heterocycles. The fraction of sp³-hybridized carbons (Fsp3) is 0.278. The molecule has 0 spiro atoms. The molecule has 0 fully saturated rings. The minimum absolute atomic E-state index is 0.0213. The number of ether oxygens (including phenoxy) is 2. The third kappa shape index (κ3) is 2.41. The van der Waals surface area contributed by atoms with Gasteiger partial charge in [-0.3, -0.25) is 4.79 Å². The minimum atomic E-state index is -0.155. The van der Waals surface area contributed by atoms with Crippen LogP contribution in [-0.2, 0) is 11.2 Å². The van der Waals surface area contributed by atoms with Crippen LogP contribution in [-0.4, -0.2) is 20.1 Å². The summed E-state index contributed by atoms with van der Waals surface area (Å²) in [7, 11) is 3.22. The van der Waals surface area contributed by atoms with Crippen LogP contribution in [0.15, 0.2) is 36.4 Å². The Kier molecular flexibility index (Phi) is 3.75. The maximum Gasteiger partial charge on any atom is 0.225 e. The second-order valence-electron chi connectivity index (χ2n) is 5.44. The van der Waals surface area contributed by atoms with Crippen molar-refractivity contribution in [3.8, 4) is 11.5 Å². The Morgan fingerprint density at radius 1 is 1.05 bits per heavy atom. The maximum atomic E-state index is 12.1. The van der Waals surface area contributed by atoms with Gasteiger partial charge in [-0.15, -0.1) is 0 Å². The number of methoxy groups -OCH3 is 2. The van der Waals surface area contributed by atoms with Crippen LogP contribution in [0.4, 0.5) is 0 Å². The van der Waals surface area contributed by atoms with E-state index in [-0.39, 0.29) is 11.9 Å². The summed E-state index contributed by atoms with van der Waals surface area (Å²) >= 11 is 0. The molecular formula is C18H19NO3. The van der Waals surface area contributed by atoms with Gasteiger partial charge in [-0.2, -0.15) is 0 Å². The monoisotopic (exact) mass is 297 g/mol. The number of hydrogen-bond donors (Lipinski definition) is 1. The highest BCUT2D eigenvalue weighted by atomic mass is 16.5. The highest BCUT2D eigenvalue weighted by Gasteiger charge is 2.28. The molecule has 0 aromatic heterocycles. The second kappa shape index (κ2) is 5.72. The summed E-state index contributed by atoms with van der Waals surface area (Å²) in [4.78, 5) is 12.1. The van der Waals surface area contributed by atoms with Gasteiger partial charge in [0.1, 0.15) is 0 Å². The SMILES string of the molecule is COc1cc2c(cc1OC)[C@@H](c1ccccc1C)NC(=O)C2. The zero-order chi connectivity index (χ0) is 15.7. The molecule has 2 aromatic rings. The summed E-state index contributed by atoms with van der Waals surface area (Å²) < 4.78 is 10.8. The molecule has 2 aromatic carbocycles. The number of benzene rings is 2. The first-order valence-corrected chi connectivity index (χ1v) is 7.23. The lowest BCUT2D eigenvalue weighted by molar-refractivity contribution is -0.121. The van der Waals surface area contributed by atoms with E-state index in [2.05, 4.69) is 18.3 Å². The Morgan fingerprint density at radius 2 is 1.73 bits per heavy atom. The topological polar surface area (TPSA) is 47.6 Å². The van der Waals surface area contributed by atoms with E-state index in [9.17, 15) is 4.79 Å². The van der Waals surface area contributed by atoms with E-state index in [0.29, 0.717) is 17.9 Å². The number of nitrogens with one attached hydrogen (secondary N) is 1. The molecule has 1 aliphatic heterocycles. The summed E-state index contributed by atoms with van der Waals surface area (Å²) in [5.74, 6) is 1.35. The summed E-state index contributed by atoms with van der Waals surface area (Å²) in [6.07, 6.45) is 0.359. The predicted octanol–water partition coefficient (Wildman–Crippen LogP) is 2.77. The summed E-state index contributed by atoms with van der Waals surface area (Å²) in [6, 6.07) is 11.8. The van der Waals surface area contributed by atoms with E-state index in [4.69, 9.17) is 9.47 Å². The smallest absolute Gasteiger partial charge is 0.225 e.